The van der Waals surface area contributed by atoms with E-state index in [2.05, 4.69) is 0 Å². The van der Waals surface area contributed by atoms with Gasteiger partial charge in [-0.15, -0.1) is 0 Å². The molecule has 4 nitrogen and oxygen atoms in total. The van der Waals surface area contributed by atoms with Crippen molar-refractivity contribution in [3.63, 3.8) is 0 Å². The Bertz CT molecular complexity index is 750. The highest BCUT2D eigenvalue weighted by molar-refractivity contribution is 6.12. The quantitative estimate of drug-likeness (QED) is 0.856. The van der Waals surface area contributed by atoms with Crippen LogP contribution in [0.25, 0.3) is 0 Å². The molecule has 0 bridgehead atoms. The average molecular weight is 308 g/mol. The van der Waals surface area contributed by atoms with E-state index in [4.69, 9.17) is 0 Å². The predicted octanol–water partition coefficient (Wildman–Crippen LogP) is 2.65. The summed E-state index contributed by atoms with van der Waals surface area (Å²) in [5.74, 6) is -0.177. The molecule has 2 amide bonds. The third-order valence-electron chi connectivity index (χ3n) is 4.23. The van der Waals surface area contributed by atoms with Gasteiger partial charge in [-0.1, -0.05) is 35.9 Å². The van der Waals surface area contributed by atoms with Crippen LogP contribution in [-0.4, -0.2) is 36.9 Å². The van der Waals surface area contributed by atoms with E-state index in [9.17, 15) is 9.59 Å². The van der Waals surface area contributed by atoms with E-state index in [1.807, 2.05) is 55.5 Å². The first kappa shape index (κ1) is 15.3. The van der Waals surface area contributed by atoms with Crippen LogP contribution in [0.1, 0.15) is 21.5 Å². The highest BCUT2D eigenvalue weighted by atomic mass is 16.2. The standard InChI is InChI=1S/C19H20N2O2/c1-13-8-10-15(11-9-13)21-17(19(23)20(2)3)12-14-6-4-5-7-16(14)18(21)22/h4-11,17H,12H2,1-3H3. The summed E-state index contributed by atoms with van der Waals surface area (Å²) in [6, 6.07) is 14.7. The fourth-order valence-corrected chi connectivity index (χ4v) is 2.98. The van der Waals surface area contributed by atoms with Crippen LogP contribution in [0.15, 0.2) is 48.5 Å². The Hall–Kier alpha value is -2.62. The first-order valence-electron chi connectivity index (χ1n) is 7.68. The second-order valence-electron chi connectivity index (χ2n) is 6.12. The Kier molecular flexibility index (Phi) is 3.90. The third-order valence-corrected chi connectivity index (χ3v) is 4.23. The maximum absolute atomic E-state index is 13.0. The summed E-state index contributed by atoms with van der Waals surface area (Å²) in [4.78, 5) is 28.8. The minimum absolute atomic E-state index is 0.0616. The van der Waals surface area contributed by atoms with Gasteiger partial charge in [0, 0.05) is 31.8 Å². The van der Waals surface area contributed by atoms with Crippen molar-refractivity contribution in [2.24, 2.45) is 0 Å². The molecule has 0 saturated carbocycles. The predicted molar refractivity (Wildman–Crippen MR) is 90.6 cm³/mol. The fraction of sp³-hybridized carbons (Fsp3) is 0.263. The monoisotopic (exact) mass is 308 g/mol. The van der Waals surface area contributed by atoms with Crippen molar-refractivity contribution in [2.45, 2.75) is 19.4 Å². The smallest absolute Gasteiger partial charge is 0.259 e. The number of likely N-dealkylation sites (N-methyl/N-ethyl adjacent to an activating group) is 1. The van der Waals surface area contributed by atoms with E-state index in [1.54, 1.807) is 23.9 Å². The highest BCUT2D eigenvalue weighted by Crippen LogP contribution is 2.29. The maximum Gasteiger partial charge on any atom is 0.259 e. The number of aryl methyl sites for hydroxylation is 1. The number of carbonyl (C=O) groups excluding carboxylic acids is 2. The molecule has 1 unspecified atom stereocenters. The summed E-state index contributed by atoms with van der Waals surface area (Å²) in [7, 11) is 3.45. The summed E-state index contributed by atoms with van der Waals surface area (Å²) in [5, 5.41) is 0. The molecule has 1 aliphatic rings. The molecule has 1 atom stereocenters. The van der Waals surface area contributed by atoms with Crippen LogP contribution in [-0.2, 0) is 11.2 Å². The highest BCUT2D eigenvalue weighted by Gasteiger charge is 2.38. The summed E-state index contributed by atoms with van der Waals surface area (Å²) in [5.41, 5.74) is 3.49. The number of hydrogen-bond donors (Lipinski definition) is 0. The van der Waals surface area contributed by atoms with Gasteiger partial charge in [0.1, 0.15) is 6.04 Å². The number of rotatable bonds is 2. The van der Waals surface area contributed by atoms with Gasteiger partial charge in [-0.2, -0.15) is 0 Å². The van der Waals surface area contributed by atoms with Gasteiger partial charge >= 0.3 is 0 Å². The molecule has 0 saturated heterocycles. The molecule has 2 aromatic carbocycles. The molecule has 0 spiro atoms. The van der Waals surface area contributed by atoms with Gasteiger partial charge in [-0.05, 0) is 30.7 Å². The van der Waals surface area contributed by atoms with Crippen molar-refractivity contribution in [1.82, 2.24) is 4.90 Å². The van der Waals surface area contributed by atoms with Crippen molar-refractivity contribution >= 4 is 17.5 Å². The van der Waals surface area contributed by atoms with Crippen molar-refractivity contribution < 1.29 is 9.59 Å². The van der Waals surface area contributed by atoms with E-state index < -0.39 is 6.04 Å². The van der Waals surface area contributed by atoms with Crippen LogP contribution >= 0.6 is 0 Å². The summed E-state index contributed by atoms with van der Waals surface area (Å²) >= 11 is 0. The van der Waals surface area contributed by atoms with Gasteiger partial charge in [-0.25, -0.2) is 0 Å². The number of amides is 2. The molecule has 2 aromatic rings. The van der Waals surface area contributed by atoms with Gasteiger partial charge in [0.15, 0.2) is 0 Å². The molecule has 0 fully saturated rings. The molecular formula is C19H20N2O2. The summed E-state index contributed by atoms with van der Waals surface area (Å²) in [6.45, 7) is 2.00. The summed E-state index contributed by atoms with van der Waals surface area (Å²) < 4.78 is 0. The molecule has 3 rings (SSSR count). The van der Waals surface area contributed by atoms with Crippen LogP contribution in [0.4, 0.5) is 5.69 Å². The van der Waals surface area contributed by atoms with Crippen LogP contribution in [0, 0.1) is 6.92 Å². The molecule has 1 heterocycles. The van der Waals surface area contributed by atoms with Gasteiger partial charge < -0.3 is 4.90 Å². The Labute approximate surface area is 136 Å². The fourth-order valence-electron chi connectivity index (χ4n) is 2.98. The van der Waals surface area contributed by atoms with E-state index in [0.717, 1.165) is 16.8 Å². The van der Waals surface area contributed by atoms with E-state index in [1.165, 1.54) is 0 Å². The van der Waals surface area contributed by atoms with Crippen LogP contribution in [0.5, 0.6) is 0 Å². The lowest BCUT2D eigenvalue weighted by atomic mass is 9.92. The molecule has 118 valence electrons. The van der Waals surface area contributed by atoms with Crippen molar-refractivity contribution in [2.75, 3.05) is 19.0 Å². The number of hydrogen-bond acceptors (Lipinski definition) is 2. The van der Waals surface area contributed by atoms with Crippen LogP contribution in [0.3, 0.4) is 0 Å². The maximum atomic E-state index is 13.0. The van der Waals surface area contributed by atoms with Crippen molar-refractivity contribution in [3.05, 3.63) is 65.2 Å². The van der Waals surface area contributed by atoms with Crippen molar-refractivity contribution in [1.29, 1.82) is 0 Å². The molecule has 4 heteroatoms. The molecule has 1 aliphatic heterocycles. The lowest BCUT2D eigenvalue weighted by molar-refractivity contribution is -0.130. The second kappa shape index (κ2) is 5.88. The minimum Gasteiger partial charge on any atom is -0.347 e. The van der Waals surface area contributed by atoms with Crippen molar-refractivity contribution in [3.8, 4) is 0 Å². The Morgan fingerprint density at radius 2 is 1.74 bits per heavy atom. The average Bonchev–Trinajstić information content (AvgIpc) is 2.55. The van der Waals surface area contributed by atoms with E-state index in [0.29, 0.717) is 12.0 Å². The Morgan fingerprint density at radius 1 is 1.09 bits per heavy atom. The zero-order valence-corrected chi connectivity index (χ0v) is 13.6. The number of fused-ring (bicyclic) bond motifs is 1. The zero-order valence-electron chi connectivity index (χ0n) is 13.6. The topological polar surface area (TPSA) is 40.6 Å². The molecule has 23 heavy (non-hydrogen) atoms. The summed E-state index contributed by atoms with van der Waals surface area (Å²) in [6.07, 6.45) is 0.535. The SMILES string of the molecule is Cc1ccc(N2C(=O)c3ccccc3CC2C(=O)N(C)C)cc1. The number of carbonyl (C=O) groups is 2. The molecule has 0 radical (unpaired) electrons. The number of nitrogens with zero attached hydrogens (tertiary/aromatic N) is 2. The van der Waals surface area contributed by atoms with E-state index >= 15 is 0 Å². The lowest BCUT2D eigenvalue weighted by Gasteiger charge is -2.37. The molecule has 0 aliphatic carbocycles. The van der Waals surface area contributed by atoms with Gasteiger partial charge in [-0.3, -0.25) is 14.5 Å². The Morgan fingerprint density at radius 3 is 2.39 bits per heavy atom. The van der Waals surface area contributed by atoms with Crippen LogP contribution < -0.4 is 4.90 Å². The Balaban J connectivity index is 2.10. The number of benzene rings is 2. The number of anilines is 1. The largest absolute Gasteiger partial charge is 0.347 e. The first-order valence-corrected chi connectivity index (χ1v) is 7.68. The lowest BCUT2D eigenvalue weighted by Crippen LogP contribution is -2.53. The van der Waals surface area contributed by atoms with Gasteiger partial charge in [0.05, 0.1) is 0 Å². The molecule has 0 aromatic heterocycles. The molecular weight excluding hydrogens is 288 g/mol. The minimum atomic E-state index is -0.505. The third kappa shape index (κ3) is 2.72. The second-order valence-corrected chi connectivity index (χ2v) is 6.12. The van der Waals surface area contributed by atoms with E-state index in [-0.39, 0.29) is 11.8 Å². The first-order chi connectivity index (χ1) is 11.0. The molecule has 0 N–H and O–H groups in total. The zero-order chi connectivity index (χ0) is 16.6. The van der Waals surface area contributed by atoms with Gasteiger partial charge in [0.25, 0.3) is 5.91 Å². The normalized spacial score (nSPS) is 16.9. The van der Waals surface area contributed by atoms with Gasteiger partial charge in [0.2, 0.25) is 5.91 Å². The van der Waals surface area contributed by atoms with Crippen LogP contribution in [0.2, 0.25) is 0 Å².